The third-order valence-corrected chi connectivity index (χ3v) is 5.06. The quantitative estimate of drug-likeness (QED) is 0.698. The summed E-state index contributed by atoms with van der Waals surface area (Å²) in [7, 11) is 1.61. The van der Waals surface area contributed by atoms with E-state index in [1.807, 2.05) is 35.1 Å². The van der Waals surface area contributed by atoms with Crippen molar-refractivity contribution >= 4 is 5.91 Å². The fraction of sp³-hybridized carbons (Fsp3) is 0.318. The van der Waals surface area contributed by atoms with Crippen LogP contribution in [0.25, 0.3) is 5.69 Å². The molecular weight excluding hydrogens is 368 g/mol. The lowest BCUT2D eigenvalue weighted by atomic mass is 10.0. The molecule has 0 aliphatic carbocycles. The minimum atomic E-state index is -0.158. The number of ether oxygens (including phenoxy) is 2. The van der Waals surface area contributed by atoms with Gasteiger partial charge in [0.1, 0.15) is 11.4 Å². The molecule has 0 spiro atoms. The maximum atomic E-state index is 12.6. The number of carbonyl (C=O) groups is 1. The monoisotopic (exact) mass is 392 g/mol. The van der Waals surface area contributed by atoms with E-state index in [1.54, 1.807) is 19.5 Å². The van der Waals surface area contributed by atoms with E-state index in [2.05, 4.69) is 27.5 Å². The van der Waals surface area contributed by atoms with Crippen LogP contribution in [-0.4, -0.2) is 47.0 Å². The normalized spacial score (nSPS) is 14.5. The van der Waals surface area contributed by atoms with Crippen LogP contribution in [0.4, 0.5) is 0 Å². The topological polar surface area (TPSA) is 78.3 Å². The summed E-state index contributed by atoms with van der Waals surface area (Å²) in [6.45, 7) is 1.36. The zero-order valence-corrected chi connectivity index (χ0v) is 16.4. The summed E-state index contributed by atoms with van der Waals surface area (Å²) in [5.74, 6) is 0.513. The van der Waals surface area contributed by atoms with Crippen LogP contribution in [0.15, 0.2) is 55.0 Å². The number of nitrogens with zero attached hydrogens (tertiary/aromatic N) is 3. The van der Waals surface area contributed by atoms with Crippen LogP contribution < -0.4 is 10.1 Å². The number of hydrogen-bond donors (Lipinski definition) is 1. The molecule has 0 bridgehead atoms. The second-order valence-corrected chi connectivity index (χ2v) is 7.04. The fourth-order valence-electron chi connectivity index (χ4n) is 3.44. The van der Waals surface area contributed by atoms with Crippen LogP contribution in [0.3, 0.4) is 0 Å². The van der Waals surface area contributed by atoms with Gasteiger partial charge in [-0.05, 0) is 42.7 Å². The molecule has 3 aromatic rings. The number of carbonyl (C=O) groups excluding carboxylic acids is 1. The predicted octanol–water partition coefficient (Wildman–Crippen LogP) is 2.78. The van der Waals surface area contributed by atoms with Gasteiger partial charge in [0.2, 0.25) is 0 Å². The molecule has 2 aromatic heterocycles. The summed E-state index contributed by atoms with van der Waals surface area (Å²) >= 11 is 0. The SMILES string of the molecule is COc1cnc(C(=O)NC2CCOCC2)cc1Cc1ccc(-n2cccn2)cc1. The van der Waals surface area contributed by atoms with E-state index in [1.165, 1.54) is 0 Å². The Bertz CT molecular complexity index is 949. The number of aromatic nitrogens is 3. The van der Waals surface area contributed by atoms with Crippen LogP contribution in [0.2, 0.25) is 0 Å². The molecule has 0 radical (unpaired) electrons. The van der Waals surface area contributed by atoms with Gasteiger partial charge in [0.05, 0.1) is 19.0 Å². The molecule has 0 unspecified atom stereocenters. The Kier molecular flexibility index (Phi) is 5.86. The summed E-state index contributed by atoms with van der Waals surface area (Å²) in [4.78, 5) is 16.9. The first-order valence-corrected chi connectivity index (χ1v) is 9.73. The molecule has 1 saturated heterocycles. The minimum Gasteiger partial charge on any atom is -0.495 e. The molecule has 0 saturated carbocycles. The Hall–Kier alpha value is -3.19. The van der Waals surface area contributed by atoms with E-state index in [0.717, 1.165) is 29.7 Å². The number of amides is 1. The number of benzene rings is 1. The van der Waals surface area contributed by atoms with Gasteiger partial charge in [-0.2, -0.15) is 5.10 Å². The van der Waals surface area contributed by atoms with E-state index < -0.39 is 0 Å². The summed E-state index contributed by atoms with van der Waals surface area (Å²) in [6, 6.07) is 12.0. The number of methoxy groups -OCH3 is 1. The van der Waals surface area contributed by atoms with E-state index >= 15 is 0 Å². The maximum Gasteiger partial charge on any atom is 0.270 e. The standard InChI is InChI=1S/C22H24N4O3/c1-28-21-15-23-20(22(27)25-18-7-11-29-12-8-18)14-17(21)13-16-3-5-19(6-4-16)26-10-2-9-24-26/h2-6,9-10,14-15,18H,7-8,11-13H2,1H3,(H,25,27). The van der Waals surface area contributed by atoms with Gasteiger partial charge in [-0.15, -0.1) is 0 Å². The smallest absolute Gasteiger partial charge is 0.270 e. The molecule has 7 heteroatoms. The van der Waals surface area contributed by atoms with Crippen molar-refractivity contribution in [2.45, 2.75) is 25.3 Å². The first-order valence-electron chi connectivity index (χ1n) is 9.73. The van der Waals surface area contributed by atoms with E-state index in [9.17, 15) is 4.79 Å². The molecule has 1 amide bonds. The average Bonchev–Trinajstić information content (AvgIpc) is 3.30. The Morgan fingerprint density at radius 1 is 1.28 bits per heavy atom. The second-order valence-electron chi connectivity index (χ2n) is 7.04. The lowest BCUT2D eigenvalue weighted by molar-refractivity contribution is 0.0694. The summed E-state index contributed by atoms with van der Waals surface area (Å²) < 4.78 is 12.6. The molecule has 3 heterocycles. The van der Waals surface area contributed by atoms with E-state index in [4.69, 9.17) is 9.47 Å². The van der Waals surface area contributed by atoms with Crippen molar-refractivity contribution in [1.82, 2.24) is 20.1 Å². The molecule has 0 atom stereocenters. The highest BCUT2D eigenvalue weighted by Crippen LogP contribution is 2.22. The van der Waals surface area contributed by atoms with E-state index in [0.29, 0.717) is 31.1 Å². The van der Waals surface area contributed by atoms with Crippen molar-refractivity contribution in [1.29, 1.82) is 0 Å². The van der Waals surface area contributed by atoms with Gasteiger partial charge in [-0.1, -0.05) is 12.1 Å². The fourth-order valence-corrected chi connectivity index (χ4v) is 3.44. The predicted molar refractivity (Wildman–Crippen MR) is 108 cm³/mol. The number of rotatable bonds is 6. The second kappa shape index (κ2) is 8.87. The van der Waals surface area contributed by atoms with Crippen LogP contribution >= 0.6 is 0 Å². The van der Waals surface area contributed by atoms with Gasteiger partial charge >= 0.3 is 0 Å². The first-order chi connectivity index (χ1) is 14.2. The molecule has 150 valence electrons. The number of pyridine rings is 1. The van der Waals surface area contributed by atoms with Gasteiger partial charge in [0, 0.05) is 43.6 Å². The zero-order chi connectivity index (χ0) is 20.1. The van der Waals surface area contributed by atoms with Gasteiger partial charge in [-0.3, -0.25) is 4.79 Å². The molecule has 1 fully saturated rings. The highest BCUT2D eigenvalue weighted by molar-refractivity contribution is 5.92. The molecule has 1 aliphatic heterocycles. The molecule has 29 heavy (non-hydrogen) atoms. The van der Waals surface area contributed by atoms with Crippen LogP contribution in [0.5, 0.6) is 5.75 Å². The van der Waals surface area contributed by atoms with Crippen molar-refractivity contribution in [3.8, 4) is 11.4 Å². The molecule has 4 rings (SSSR count). The van der Waals surface area contributed by atoms with Crippen molar-refractivity contribution in [3.63, 3.8) is 0 Å². The van der Waals surface area contributed by atoms with Gasteiger partial charge in [0.15, 0.2) is 0 Å². The highest BCUT2D eigenvalue weighted by Gasteiger charge is 2.19. The van der Waals surface area contributed by atoms with Crippen molar-refractivity contribution < 1.29 is 14.3 Å². The first kappa shape index (κ1) is 19.1. The molecular formula is C22H24N4O3. The Morgan fingerprint density at radius 3 is 2.76 bits per heavy atom. The lowest BCUT2D eigenvalue weighted by Crippen LogP contribution is -2.39. The van der Waals surface area contributed by atoms with E-state index in [-0.39, 0.29) is 11.9 Å². The third-order valence-electron chi connectivity index (χ3n) is 5.06. The summed E-state index contributed by atoms with van der Waals surface area (Å²) in [5.41, 5.74) is 3.44. The van der Waals surface area contributed by atoms with Gasteiger partial charge in [-0.25, -0.2) is 9.67 Å². The Morgan fingerprint density at radius 2 is 2.07 bits per heavy atom. The van der Waals surface area contributed by atoms with Crippen LogP contribution in [-0.2, 0) is 11.2 Å². The molecule has 1 aromatic carbocycles. The molecule has 1 N–H and O–H groups in total. The largest absolute Gasteiger partial charge is 0.495 e. The maximum absolute atomic E-state index is 12.6. The summed E-state index contributed by atoms with van der Waals surface area (Å²) in [5, 5.41) is 7.30. The summed E-state index contributed by atoms with van der Waals surface area (Å²) in [6.07, 6.45) is 7.58. The number of hydrogen-bond acceptors (Lipinski definition) is 5. The highest BCUT2D eigenvalue weighted by atomic mass is 16.5. The average molecular weight is 392 g/mol. The van der Waals surface area contributed by atoms with Crippen molar-refractivity contribution in [2.24, 2.45) is 0 Å². The van der Waals surface area contributed by atoms with Crippen LogP contribution in [0.1, 0.15) is 34.5 Å². The van der Waals surface area contributed by atoms with Crippen LogP contribution in [0, 0.1) is 0 Å². The Labute approximate surface area is 169 Å². The zero-order valence-electron chi connectivity index (χ0n) is 16.4. The van der Waals surface area contributed by atoms with Crippen molar-refractivity contribution in [2.75, 3.05) is 20.3 Å². The third kappa shape index (κ3) is 4.63. The van der Waals surface area contributed by atoms with Gasteiger partial charge in [0.25, 0.3) is 5.91 Å². The molecule has 1 aliphatic rings. The Balaban J connectivity index is 1.50. The van der Waals surface area contributed by atoms with Gasteiger partial charge < -0.3 is 14.8 Å². The lowest BCUT2D eigenvalue weighted by Gasteiger charge is -2.23. The number of nitrogens with one attached hydrogen (secondary N) is 1. The van der Waals surface area contributed by atoms with Crippen molar-refractivity contribution in [3.05, 3.63) is 71.8 Å². The molecule has 7 nitrogen and oxygen atoms in total. The minimum absolute atomic E-state index is 0.137.